The third-order valence-corrected chi connectivity index (χ3v) is 2.95. The molecule has 1 heterocycles. The zero-order valence-electron chi connectivity index (χ0n) is 10.5. The molecule has 4 heteroatoms. The van der Waals surface area contributed by atoms with Crippen LogP contribution in [0.5, 0.6) is 0 Å². The molecule has 0 amide bonds. The van der Waals surface area contributed by atoms with Gasteiger partial charge in [-0.05, 0) is 30.4 Å². The second-order valence-electron chi connectivity index (χ2n) is 5.03. The molecule has 92 valence electrons. The van der Waals surface area contributed by atoms with E-state index in [4.69, 9.17) is 16.9 Å². The van der Waals surface area contributed by atoms with E-state index in [1.54, 1.807) is 6.20 Å². The number of aromatic nitrogens is 1. The van der Waals surface area contributed by atoms with Crippen molar-refractivity contribution in [3.05, 3.63) is 23.0 Å². The Bertz CT molecular complexity index is 421. The first kappa shape index (κ1) is 13.8. The molecule has 0 radical (unpaired) electrons. The van der Waals surface area contributed by atoms with Crippen molar-refractivity contribution in [2.75, 3.05) is 11.9 Å². The van der Waals surface area contributed by atoms with Crippen LogP contribution in [0.2, 0.25) is 5.15 Å². The minimum Gasteiger partial charge on any atom is -0.382 e. The monoisotopic (exact) mass is 251 g/mol. The normalized spacial score (nSPS) is 11.0. The summed E-state index contributed by atoms with van der Waals surface area (Å²) in [6.07, 6.45) is 3.19. The van der Waals surface area contributed by atoms with Gasteiger partial charge in [0.2, 0.25) is 0 Å². The number of nitrogens with zero attached hydrogens (tertiary/aromatic N) is 2. The fourth-order valence-corrected chi connectivity index (χ4v) is 1.66. The molecule has 0 spiro atoms. The molecule has 0 aliphatic heterocycles. The molecule has 0 bridgehead atoms. The number of pyridine rings is 1. The number of nitriles is 1. The summed E-state index contributed by atoms with van der Waals surface area (Å²) >= 11 is 6.00. The van der Waals surface area contributed by atoms with Gasteiger partial charge in [-0.25, -0.2) is 4.98 Å². The third-order valence-electron chi connectivity index (χ3n) is 2.65. The van der Waals surface area contributed by atoms with E-state index in [1.165, 1.54) is 0 Å². The first-order valence-corrected chi connectivity index (χ1v) is 6.05. The average Bonchev–Trinajstić information content (AvgIpc) is 2.28. The summed E-state index contributed by atoms with van der Waals surface area (Å²) in [4.78, 5) is 4.09. The van der Waals surface area contributed by atoms with Crippen molar-refractivity contribution < 1.29 is 0 Å². The SMILES string of the molecule is Cc1cnc(Cl)c(NCC(C)(C)CCC#N)c1. The van der Waals surface area contributed by atoms with Crippen LogP contribution in [-0.4, -0.2) is 11.5 Å². The van der Waals surface area contributed by atoms with Crippen LogP contribution in [0, 0.1) is 23.7 Å². The van der Waals surface area contributed by atoms with E-state index in [1.807, 2.05) is 13.0 Å². The van der Waals surface area contributed by atoms with Crippen LogP contribution in [0.25, 0.3) is 0 Å². The molecule has 0 aliphatic carbocycles. The Morgan fingerprint density at radius 1 is 1.53 bits per heavy atom. The third kappa shape index (κ3) is 4.62. The average molecular weight is 252 g/mol. The first-order chi connectivity index (χ1) is 7.94. The summed E-state index contributed by atoms with van der Waals surface area (Å²) in [5.41, 5.74) is 2.01. The second-order valence-corrected chi connectivity index (χ2v) is 5.38. The minimum absolute atomic E-state index is 0.0722. The van der Waals surface area contributed by atoms with Crippen molar-refractivity contribution in [3.8, 4) is 6.07 Å². The van der Waals surface area contributed by atoms with Gasteiger partial charge in [0.05, 0.1) is 11.8 Å². The molecule has 17 heavy (non-hydrogen) atoms. The van der Waals surface area contributed by atoms with E-state index in [0.29, 0.717) is 11.6 Å². The Balaban J connectivity index is 2.61. The number of hydrogen-bond donors (Lipinski definition) is 1. The van der Waals surface area contributed by atoms with Gasteiger partial charge in [0.15, 0.2) is 5.15 Å². The lowest BCUT2D eigenvalue weighted by atomic mass is 9.88. The van der Waals surface area contributed by atoms with E-state index >= 15 is 0 Å². The van der Waals surface area contributed by atoms with Gasteiger partial charge in [0.1, 0.15) is 0 Å². The summed E-state index contributed by atoms with van der Waals surface area (Å²) in [6, 6.07) is 4.16. The lowest BCUT2D eigenvalue weighted by molar-refractivity contribution is 0.364. The summed E-state index contributed by atoms with van der Waals surface area (Å²) in [7, 11) is 0. The van der Waals surface area contributed by atoms with Crippen LogP contribution >= 0.6 is 11.6 Å². The molecule has 0 aliphatic rings. The largest absolute Gasteiger partial charge is 0.382 e. The van der Waals surface area contributed by atoms with E-state index < -0.39 is 0 Å². The molecule has 1 rings (SSSR count). The Morgan fingerprint density at radius 2 is 2.24 bits per heavy atom. The molecular weight excluding hydrogens is 234 g/mol. The Morgan fingerprint density at radius 3 is 2.88 bits per heavy atom. The van der Waals surface area contributed by atoms with Crippen LogP contribution in [0.1, 0.15) is 32.3 Å². The van der Waals surface area contributed by atoms with Gasteiger partial charge in [-0.15, -0.1) is 0 Å². The van der Waals surface area contributed by atoms with Crippen LogP contribution in [0.15, 0.2) is 12.3 Å². The Labute approximate surface area is 108 Å². The quantitative estimate of drug-likeness (QED) is 0.810. The molecule has 1 aromatic heterocycles. The smallest absolute Gasteiger partial charge is 0.152 e. The fraction of sp³-hybridized carbons (Fsp3) is 0.538. The lowest BCUT2D eigenvalue weighted by Crippen LogP contribution is -2.23. The highest BCUT2D eigenvalue weighted by molar-refractivity contribution is 6.31. The zero-order chi connectivity index (χ0) is 12.9. The molecule has 1 N–H and O–H groups in total. The predicted octanol–water partition coefficient (Wildman–Crippen LogP) is 3.79. The van der Waals surface area contributed by atoms with Gasteiger partial charge < -0.3 is 5.32 Å². The number of rotatable bonds is 5. The summed E-state index contributed by atoms with van der Waals surface area (Å²) in [5, 5.41) is 12.4. The van der Waals surface area contributed by atoms with Gasteiger partial charge in [-0.2, -0.15) is 5.26 Å². The lowest BCUT2D eigenvalue weighted by Gasteiger charge is -2.24. The van der Waals surface area contributed by atoms with E-state index in [9.17, 15) is 0 Å². The molecule has 1 aromatic rings. The number of aryl methyl sites for hydroxylation is 1. The summed E-state index contributed by atoms with van der Waals surface area (Å²) in [5.74, 6) is 0. The van der Waals surface area contributed by atoms with E-state index in [0.717, 1.165) is 24.2 Å². The molecule has 3 nitrogen and oxygen atoms in total. The predicted molar refractivity (Wildman–Crippen MR) is 71.1 cm³/mol. The highest BCUT2D eigenvalue weighted by Crippen LogP contribution is 2.25. The van der Waals surface area contributed by atoms with Crippen molar-refractivity contribution in [2.45, 2.75) is 33.6 Å². The Kier molecular flexibility index (Phi) is 4.77. The van der Waals surface area contributed by atoms with Gasteiger partial charge in [-0.1, -0.05) is 25.4 Å². The van der Waals surface area contributed by atoms with Crippen molar-refractivity contribution in [1.82, 2.24) is 4.98 Å². The highest BCUT2D eigenvalue weighted by atomic mass is 35.5. The van der Waals surface area contributed by atoms with Crippen molar-refractivity contribution in [3.63, 3.8) is 0 Å². The van der Waals surface area contributed by atoms with E-state index in [-0.39, 0.29) is 5.41 Å². The first-order valence-electron chi connectivity index (χ1n) is 5.67. The van der Waals surface area contributed by atoms with Crippen molar-refractivity contribution in [1.29, 1.82) is 5.26 Å². The molecule has 0 saturated heterocycles. The van der Waals surface area contributed by atoms with Crippen LogP contribution in [0.4, 0.5) is 5.69 Å². The number of nitrogens with one attached hydrogen (secondary N) is 1. The summed E-state index contributed by atoms with van der Waals surface area (Å²) < 4.78 is 0. The topological polar surface area (TPSA) is 48.7 Å². The van der Waals surface area contributed by atoms with Gasteiger partial charge in [0, 0.05) is 19.2 Å². The molecular formula is C13H18ClN3. The molecule has 0 fully saturated rings. The maximum absolute atomic E-state index is 8.59. The molecule has 0 saturated carbocycles. The zero-order valence-corrected chi connectivity index (χ0v) is 11.3. The van der Waals surface area contributed by atoms with Crippen molar-refractivity contribution in [2.24, 2.45) is 5.41 Å². The van der Waals surface area contributed by atoms with Gasteiger partial charge >= 0.3 is 0 Å². The maximum atomic E-state index is 8.59. The molecule has 0 aromatic carbocycles. The minimum atomic E-state index is 0.0722. The van der Waals surface area contributed by atoms with Gasteiger partial charge in [0.25, 0.3) is 0 Å². The molecule has 0 unspecified atom stereocenters. The maximum Gasteiger partial charge on any atom is 0.152 e. The second kappa shape index (κ2) is 5.88. The number of halogens is 1. The Hall–Kier alpha value is -1.27. The van der Waals surface area contributed by atoms with Gasteiger partial charge in [-0.3, -0.25) is 0 Å². The standard InChI is InChI=1S/C13H18ClN3/c1-10-7-11(12(14)16-8-10)17-9-13(2,3)5-4-6-15/h7-8,17H,4-5,9H2,1-3H3. The number of hydrogen-bond acceptors (Lipinski definition) is 3. The van der Waals surface area contributed by atoms with E-state index in [2.05, 4.69) is 30.2 Å². The summed E-state index contributed by atoms with van der Waals surface area (Å²) in [6.45, 7) is 7.03. The van der Waals surface area contributed by atoms with Crippen LogP contribution < -0.4 is 5.32 Å². The van der Waals surface area contributed by atoms with Crippen LogP contribution in [0.3, 0.4) is 0 Å². The highest BCUT2D eigenvalue weighted by Gasteiger charge is 2.17. The van der Waals surface area contributed by atoms with Crippen LogP contribution in [-0.2, 0) is 0 Å². The van der Waals surface area contributed by atoms with Crippen molar-refractivity contribution >= 4 is 17.3 Å². The fourth-order valence-electron chi connectivity index (χ4n) is 1.49. The molecule has 0 atom stereocenters. The number of anilines is 1.